The fourth-order valence-electron chi connectivity index (χ4n) is 2.88. The van der Waals surface area contributed by atoms with Crippen LogP contribution in [0, 0.1) is 0 Å². The first-order chi connectivity index (χ1) is 15.0. The summed E-state index contributed by atoms with van der Waals surface area (Å²) in [6, 6.07) is 13.1. The summed E-state index contributed by atoms with van der Waals surface area (Å²) in [6.07, 6.45) is -5.11. The van der Waals surface area contributed by atoms with Crippen molar-refractivity contribution < 1.29 is 37.4 Å². The molecule has 0 unspecified atom stereocenters. The first kappa shape index (κ1) is 23.6. The van der Waals surface area contributed by atoms with Crippen molar-refractivity contribution in [2.24, 2.45) is 0 Å². The number of hydrogen-bond donors (Lipinski definition) is 1. The molecular weight excluding hydrogens is 474 g/mol. The van der Waals surface area contributed by atoms with Gasteiger partial charge in [0.1, 0.15) is 5.75 Å². The molecule has 0 heterocycles. The molecule has 1 amide bonds. The van der Waals surface area contributed by atoms with E-state index in [0.29, 0.717) is 10.9 Å². The molecule has 168 valence electrons. The molecule has 3 rings (SSSR count). The molecule has 0 aliphatic heterocycles. The number of aromatic carboxylic acids is 1. The van der Waals surface area contributed by atoms with Gasteiger partial charge >= 0.3 is 12.3 Å². The number of ether oxygens (including phenoxy) is 1. The zero-order valence-electron chi connectivity index (χ0n) is 16.0. The van der Waals surface area contributed by atoms with Gasteiger partial charge in [-0.15, -0.1) is 13.2 Å². The van der Waals surface area contributed by atoms with Gasteiger partial charge in [-0.1, -0.05) is 53.5 Å². The van der Waals surface area contributed by atoms with Gasteiger partial charge in [0.25, 0.3) is 5.91 Å². The Balaban J connectivity index is 1.89. The number of carboxylic acids is 1. The molecule has 0 aromatic heterocycles. The van der Waals surface area contributed by atoms with Crippen molar-refractivity contribution in [1.82, 2.24) is 5.06 Å². The van der Waals surface area contributed by atoms with E-state index in [1.165, 1.54) is 30.3 Å². The van der Waals surface area contributed by atoms with E-state index in [2.05, 4.69) is 4.84 Å². The minimum atomic E-state index is -5.11. The third-order valence-electron chi connectivity index (χ3n) is 4.19. The van der Waals surface area contributed by atoms with Crippen LogP contribution in [0.15, 0.2) is 54.6 Å². The Labute approximate surface area is 189 Å². The predicted molar refractivity (Wildman–Crippen MR) is 111 cm³/mol. The quantitative estimate of drug-likeness (QED) is 0.432. The minimum Gasteiger partial charge on any atom is -0.483 e. The average molecular weight is 488 g/mol. The number of carbonyl (C=O) groups excluding carboxylic acids is 1. The first-order valence-corrected chi connectivity index (χ1v) is 9.68. The van der Waals surface area contributed by atoms with Crippen molar-refractivity contribution >= 4 is 45.9 Å². The molecule has 0 saturated heterocycles. The van der Waals surface area contributed by atoms with Crippen LogP contribution in [0.5, 0.6) is 5.75 Å². The number of alkyl halides is 3. The van der Waals surface area contributed by atoms with E-state index in [9.17, 15) is 27.9 Å². The maximum atomic E-state index is 12.8. The van der Waals surface area contributed by atoms with Crippen LogP contribution in [0.25, 0.3) is 10.8 Å². The molecule has 11 heteroatoms. The lowest BCUT2D eigenvalue weighted by Crippen LogP contribution is -2.39. The van der Waals surface area contributed by atoms with Crippen molar-refractivity contribution in [3.05, 3.63) is 75.8 Å². The third-order valence-corrected chi connectivity index (χ3v) is 4.70. The second-order valence-corrected chi connectivity index (χ2v) is 7.35. The molecule has 0 fully saturated rings. The summed E-state index contributed by atoms with van der Waals surface area (Å²) in [6.45, 7) is -1.37. The fraction of sp³-hybridized carbons (Fsp3) is 0.143. The van der Waals surface area contributed by atoms with Crippen molar-refractivity contribution in [2.45, 2.75) is 12.9 Å². The number of fused-ring (bicyclic) bond motifs is 1. The molecule has 6 nitrogen and oxygen atoms in total. The molecule has 0 radical (unpaired) electrons. The van der Waals surface area contributed by atoms with Gasteiger partial charge in [-0.05, 0) is 35.2 Å². The van der Waals surface area contributed by atoms with Crippen molar-refractivity contribution in [3.63, 3.8) is 0 Å². The van der Waals surface area contributed by atoms with Crippen LogP contribution in [0.3, 0.4) is 0 Å². The van der Waals surface area contributed by atoms with E-state index in [-0.39, 0.29) is 31.8 Å². The third kappa shape index (κ3) is 6.03. The fourth-order valence-corrected chi connectivity index (χ4v) is 3.49. The van der Waals surface area contributed by atoms with E-state index in [0.717, 1.165) is 6.07 Å². The van der Waals surface area contributed by atoms with E-state index >= 15 is 0 Å². The highest BCUT2D eigenvalue weighted by molar-refractivity contribution is 6.39. The molecule has 3 aromatic carbocycles. The van der Waals surface area contributed by atoms with Gasteiger partial charge in [0, 0.05) is 10.4 Å². The lowest BCUT2D eigenvalue weighted by Gasteiger charge is -2.23. The molecular formula is C21H14Cl2F3NO5. The molecule has 1 N–H and O–H groups in total. The van der Waals surface area contributed by atoms with Crippen molar-refractivity contribution in [3.8, 4) is 5.75 Å². The standard InChI is InChI=1S/C21H14Cl2F3NO5/c22-15-7-13-6-14(20(29)30)8-17(19(13)16(23)9-15)31-11-18(28)27(32-21(24,25)26)10-12-4-2-1-3-5-12/h1-9H,10-11H2,(H,29,30). The molecule has 0 aliphatic rings. The van der Waals surface area contributed by atoms with Gasteiger partial charge in [0.05, 0.1) is 17.1 Å². The highest BCUT2D eigenvalue weighted by Crippen LogP contribution is 2.36. The highest BCUT2D eigenvalue weighted by atomic mass is 35.5. The van der Waals surface area contributed by atoms with Crippen LogP contribution in [-0.2, 0) is 16.2 Å². The maximum Gasteiger partial charge on any atom is 0.544 e. The second kappa shape index (κ2) is 9.64. The molecule has 32 heavy (non-hydrogen) atoms. The molecule has 0 saturated carbocycles. The van der Waals surface area contributed by atoms with Crippen LogP contribution in [-0.4, -0.2) is 35.0 Å². The Bertz CT molecular complexity index is 1160. The molecule has 0 atom stereocenters. The summed E-state index contributed by atoms with van der Waals surface area (Å²) in [5, 5.41) is 10.4. The molecule has 3 aromatic rings. The second-order valence-electron chi connectivity index (χ2n) is 6.51. The topological polar surface area (TPSA) is 76.1 Å². The summed E-state index contributed by atoms with van der Waals surface area (Å²) >= 11 is 12.2. The Morgan fingerprint density at radius 2 is 1.72 bits per heavy atom. The van der Waals surface area contributed by atoms with Gasteiger partial charge < -0.3 is 9.84 Å². The Morgan fingerprint density at radius 3 is 2.34 bits per heavy atom. The Morgan fingerprint density at radius 1 is 1.03 bits per heavy atom. The number of amides is 1. The molecule has 0 aliphatic carbocycles. The lowest BCUT2D eigenvalue weighted by atomic mass is 10.1. The molecule has 0 bridgehead atoms. The van der Waals surface area contributed by atoms with Crippen LogP contribution in [0.2, 0.25) is 10.0 Å². The monoisotopic (exact) mass is 487 g/mol. The SMILES string of the molecule is O=C(O)c1cc(OCC(=O)N(Cc2ccccc2)OC(F)(F)F)c2c(Cl)cc(Cl)cc2c1. The number of halogens is 5. The van der Waals surface area contributed by atoms with Gasteiger partial charge in [0.2, 0.25) is 0 Å². The van der Waals surface area contributed by atoms with Crippen molar-refractivity contribution in [1.29, 1.82) is 0 Å². The summed E-state index contributed by atoms with van der Waals surface area (Å²) in [4.78, 5) is 27.8. The number of hydroxylamine groups is 2. The van der Waals surface area contributed by atoms with Crippen molar-refractivity contribution in [2.75, 3.05) is 6.61 Å². The number of hydrogen-bond acceptors (Lipinski definition) is 4. The van der Waals surface area contributed by atoms with Crippen LogP contribution in [0.4, 0.5) is 13.2 Å². The van der Waals surface area contributed by atoms with E-state index in [1.807, 2.05) is 0 Å². The largest absolute Gasteiger partial charge is 0.544 e. The summed E-state index contributed by atoms with van der Waals surface area (Å²) in [7, 11) is 0. The van der Waals surface area contributed by atoms with Gasteiger partial charge in [0.15, 0.2) is 6.61 Å². The zero-order chi connectivity index (χ0) is 23.5. The van der Waals surface area contributed by atoms with Gasteiger partial charge in [-0.25, -0.2) is 9.86 Å². The van der Waals surface area contributed by atoms with E-state index < -0.39 is 31.4 Å². The Kier molecular flexibility index (Phi) is 7.12. The average Bonchev–Trinajstić information content (AvgIpc) is 2.70. The number of rotatable bonds is 7. The van der Waals surface area contributed by atoms with Gasteiger partial charge in [-0.2, -0.15) is 4.84 Å². The first-order valence-electron chi connectivity index (χ1n) is 8.92. The number of carbonyl (C=O) groups is 2. The van der Waals surface area contributed by atoms with Crippen LogP contribution in [0.1, 0.15) is 15.9 Å². The number of benzene rings is 3. The van der Waals surface area contributed by atoms with Crippen LogP contribution >= 0.6 is 23.2 Å². The van der Waals surface area contributed by atoms with E-state index in [4.69, 9.17) is 27.9 Å². The summed E-state index contributed by atoms with van der Waals surface area (Å²) < 4.78 is 43.9. The maximum absolute atomic E-state index is 12.8. The summed E-state index contributed by atoms with van der Waals surface area (Å²) in [5.74, 6) is -2.54. The van der Waals surface area contributed by atoms with Gasteiger partial charge in [-0.3, -0.25) is 4.79 Å². The summed E-state index contributed by atoms with van der Waals surface area (Å²) in [5.41, 5.74) is 0.201. The normalized spacial score (nSPS) is 11.4. The van der Waals surface area contributed by atoms with Crippen LogP contribution < -0.4 is 4.74 Å². The molecule has 0 spiro atoms. The number of carboxylic acid groups (broad SMARTS) is 1. The minimum absolute atomic E-state index is 0.110. The number of nitrogens with zero attached hydrogens (tertiary/aromatic N) is 1. The smallest absolute Gasteiger partial charge is 0.483 e. The Hall–Kier alpha value is -3.01. The van der Waals surface area contributed by atoms with E-state index in [1.54, 1.807) is 18.2 Å². The zero-order valence-corrected chi connectivity index (χ0v) is 17.5. The lowest BCUT2D eigenvalue weighted by molar-refractivity contribution is -0.405. The highest BCUT2D eigenvalue weighted by Gasteiger charge is 2.36. The predicted octanol–water partition coefficient (Wildman–Crippen LogP) is 5.70.